The van der Waals surface area contributed by atoms with E-state index in [9.17, 15) is 0 Å². The highest BCUT2D eigenvalue weighted by molar-refractivity contribution is 7.10. The van der Waals surface area contributed by atoms with E-state index in [1.54, 1.807) is 24.5 Å². The van der Waals surface area contributed by atoms with E-state index >= 15 is 0 Å². The van der Waals surface area contributed by atoms with Crippen molar-refractivity contribution in [3.63, 3.8) is 0 Å². The Kier molecular flexibility index (Phi) is 3.66. The van der Waals surface area contributed by atoms with E-state index in [0.717, 1.165) is 5.82 Å². The Morgan fingerprint density at radius 3 is 2.83 bits per heavy atom. The Bertz CT molecular complexity index is 515. The number of hydrogen-bond acceptors (Lipinski definition) is 6. The van der Waals surface area contributed by atoms with Gasteiger partial charge in [-0.1, -0.05) is 6.07 Å². The summed E-state index contributed by atoms with van der Waals surface area (Å²) in [6.45, 7) is 2.12. The molecule has 1 atom stereocenters. The summed E-state index contributed by atoms with van der Waals surface area (Å²) in [5.41, 5.74) is 5.67. The molecule has 1 unspecified atom stereocenters. The number of anilines is 2. The molecule has 96 valence electrons. The molecule has 0 aliphatic carbocycles. The molecule has 2 heterocycles. The Labute approximate surface area is 110 Å². The predicted octanol–water partition coefficient (Wildman–Crippen LogP) is 2.33. The highest BCUT2D eigenvalue weighted by atomic mass is 32.1. The van der Waals surface area contributed by atoms with Crippen LogP contribution in [0.3, 0.4) is 0 Å². The first-order chi connectivity index (χ1) is 8.61. The van der Waals surface area contributed by atoms with Crippen molar-refractivity contribution in [3.8, 4) is 5.88 Å². The molecule has 0 saturated heterocycles. The maximum Gasteiger partial charge on any atom is 0.225 e. The molecule has 2 aromatic heterocycles. The molecular formula is C12H16N4OS. The van der Waals surface area contributed by atoms with Crippen molar-refractivity contribution in [2.45, 2.75) is 13.0 Å². The molecule has 0 spiro atoms. The lowest BCUT2D eigenvalue weighted by molar-refractivity contribution is 0.397. The summed E-state index contributed by atoms with van der Waals surface area (Å²) >= 11 is 1.72. The van der Waals surface area contributed by atoms with Crippen LogP contribution in [-0.4, -0.2) is 24.1 Å². The van der Waals surface area contributed by atoms with E-state index < -0.39 is 0 Å². The number of aromatic nitrogens is 2. The normalized spacial score (nSPS) is 12.2. The van der Waals surface area contributed by atoms with E-state index in [2.05, 4.69) is 28.3 Å². The van der Waals surface area contributed by atoms with Crippen LogP contribution in [0.1, 0.15) is 17.8 Å². The van der Waals surface area contributed by atoms with Crippen molar-refractivity contribution in [1.82, 2.24) is 9.97 Å². The molecule has 0 saturated carbocycles. The molecular weight excluding hydrogens is 248 g/mol. The molecule has 0 radical (unpaired) electrons. The molecule has 2 N–H and O–H groups in total. The lowest BCUT2D eigenvalue weighted by Crippen LogP contribution is -2.22. The Balaban J connectivity index is 2.28. The highest BCUT2D eigenvalue weighted by Gasteiger charge is 2.16. The zero-order chi connectivity index (χ0) is 13.1. The van der Waals surface area contributed by atoms with Crippen LogP contribution in [0, 0.1) is 0 Å². The maximum absolute atomic E-state index is 5.67. The molecule has 0 bridgehead atoms. The molecule has 0 aromatic carbocycles. The van der Waals surface area contributed by atoms with E-state index in [1.807, 2.05) is 18.0 Å². The molecule has 0 fully saturated rings. The van der Waals surface area contributed by atoms with E-state index in [1.165, 1.54) is 4.88 Å². The summed E-state index contributed by atoms with van der Waals surface area (Å²) in [6.07, 6.45) is 0. The first-order valence-electron chi connectivity index (χ1n) is 5.56. The van der Waals surface area contributed by atoms with Crippen molar-refractivity contribution in [2.24, 2.45) is 0 Å². The SMILES string of the molecule is COc1cc(N(C)C(C)c2cccs2)nc(N)n1. The number of ether oxygens (including phenoxy) is 1. The van der Waals surface area contributed by atoms with Gasteiger partial charge in [0.05, 0.1) is 13.2 Å². The molecule has 0 aliphatic heterocycles. The van der Waals surface area contributed by atoms with Crippen LogP contribution < -0.4 is 15.4 Å². The zero-order valence-electron chi connectivity index (χ0n) is 10.6. The summed E-state index contributed by atoms with van der Waals surface area (Å²) in [6, 6.07) is 6.15. The predicted molar refractivity (Wildman–Crippen MR) is 74.1 cm³/mol. The van der Waals surface area contributed by atoms with Gasteiger partial charge in [0.2, 0.25) is 11.8 Å². The van der Waals surface area contributed by atoms with Gasteiger partial charge < -0.3 is 15.4 Å². The minimum atomic E-state index is 0.217. The van der Waals surface area contributed by atoms with Crippen molar-refractivity contribution in [3.05, 3.63) is 28.5 Å². The second kappa shape index (κ2) is 5.22. The van der Waals surface area contributed by atoms with Crippen LogP contribution in [0.2, 0.25) is 0 Å². The van der Waals surface area contributed by atoms with E-state index in [0.29, 0.717) is 5.88 Å². The Morgan fingerprint density at radius 1 is 1.44 bits per heavy atom. The number of methoxy groups -OCH3 is 1. The summed E-state index contributed by atoms with van der Waals surface area (Å²) in [7, 11) is 3.54. The number of hydrogen-bond donors (Lipinski definition) is 1. The minimum Gasteiger partial charge on any atom is -0.481 e. The lowest BCUT2D eigenvalue weighted by Gasteiger charge is -2.25. The minimum absolute atomic E-state index is 0.217. The molecule has 5 nitrogen and oxygen atoms in total. The second-order valence-corrected chi connectivity index (χ2v) is 4.91. The van der Waals surface area contributed by atoms with E-state index in [-0.39, 0.29) is 12.0 Å². The van der Waals surface area contributed by atoms with Gasteiger partial charge in [0.1, 0.15) is 5.82 Å². The first kappa shape index (κ1) is 12.6. The lowest BCUT2D eigenvalue weighted by atomic mass is 10.2. The number of rotatable bonds is 4. The topological polar surface area (TPSA) is 64.3 Å². The summed E-state index contributed by atoms with van der Waals surface area (Å²) < 4.78 is 5.10. The largest absolute Gasteiger partial charge is 0.481 e. The van der Waals surface area contributed by atoms with Crippen LogP contribution in [0.5, 0.6) is 5.88 Å². The monoisotopic (exact) mass is 264 g/mol. The van der Waals surface area contributed by atoms with Gasteiger partial charge in [-0.2, -0.15) is 9.97 Å². The van der Waals surface area contributed by atoms with Crippen LogP contribution in [0.15, 0.2) is 23.6 Å². The number of thiophene rings is 1. The van der Waals surface area contributed by atoms with Gasteiger partial charge in [-0.15, -0.1) is 11.3 Å². The van der Waals surface area contributed by atoms with Crippen LogP contribution in [0.25, 0.3) is 0 Å². The molecule has 6 heteroatoms. The van der Waals surface area contributed by atoms with Gasteiger partial charge >= 0.3 is 0 Å². The third kappa shape index (κ3) is 2.53. The van der Waals surface area contributed by atoms with E-state index in [4.69, 9.17) is 10.5 Å². The molecule has 18 heavy (non-hydrogen) atoms. The average molecular weight is 264 g/mol. The highest BCUT2D eigenvalue weighted by Crippen LogP contribution is 2.28. The average Bonchev–Trinajstić information content (AvgIpc) is 2.90. The van der Waals surface area contributed by atoms with Gasteiger partial charge in [-0.3, -0.25) is 0 Å². The second-order valence-electron chi connectivity index (χ2n) is 3.93. The van der Waals surface area contributed by atoms with Crippen LogP contribution >= 0.6 is 11.3 Å². The zero-order valence-corrected chi connectivity index (χ0v) is 11.4. The molecule has 2 aromatic rings. The summed E-state index contributed by atoms with van der Waals surface area (Å²) in [4.78, 5) is 11.5. The first-order valence-corrected chi connectivity index (χ1v) is 6.44. The quantitative estimate of drug-likeness (QED) is 0.918. The van der Waals surface area contributed by atoms with Gasteiger partial charge in [-0.25, -0.2) is 0 Å². The van der Waals surface area contributed by atoms with Gasteiger partial charge in [0.15, 0.2) is 0 Å². The van der Waals surface area contributed by atoms with Crippen LogP contribution in [-0.2, 0) is 0 Å². The van der Waals surface area contributed by atoms with Crippen molar-refractivity contribution in [1.29, 1.82) is 0 Å². The maximum atomic E-state index is 5.67. The van der Waals surface area contributed by atoms with Crippen molar-refractivity contribution in [2.75, 3.05) is 24.8 Å². The van der Waals surface area contributed by atoms with Gasteiger partial charge in [0, 0.05) is 18.0 Å². The Hall–Kier alpha value is -1.82. The fraction of sp³-hybridized carbons (Fsp3) is 0.333. The Morgan fingerprint density at radius 2 is 2.22 bits per heavy atom. The third-order valence-corrected chi connectivity index (χ3v) is 3.86. The molecule has 2 rings (SSSR count). The molecule has 0 aliphatic rings. The van der Waals surface area contributed by atoms with Crippen LogP contribution in [0.4, 0.5) is 11.8 Å². The van der Waals surface area contributed by atoms with Crippen molar-refractivity contribution >= 4 is 23.1 Å². The third-order valence-electron chi connectivity index (χ3n) is 2.81. The fourth-order valence-electron chi connectivity index (χ4n) is 1.63. The molecule has 0 amide bonds. The van der Waals surface area contributed by atoms with Gasteiger partial charge in [0.25, 0.3) is 0 Å². The standard InChI is InChI=1S/C12H16N4OS/c1-8(9-5-4-6-18-9)16(2)10-7-11(17-3)15-12(13)14-10/h4-8H,1-3H3,(H2,13,14,15). The number of nitrogen functional groups attached to an aromatic ring is 1. The van der Waals surface area contributed by atoms with Gasteiger partial charge in [-0.05, 0) is 18.4 Å². The fourth-order valence-corrected chi connectivity index (χ4v) is 2.46. The smallest absolute Gasteiger partial charge is 0.225 e. The summed E-state index contributed by atoms with van der Waals surface area (Å²) in [5, 5.41) is 2.06. The number of nitrogens with zero attached hydrogens (tertiary/aromatic N) is 3. The summed E-state index contributed by atoms with van der Waals surface area (Å²) in [5.74, 6) is 1.44. The van der Waals surface area contributed by atoms with Crippen molar-refractivity contribution < 1.29 is 4.74 Å². The number of nitrogens with two attached hydrogens (primary N) is 1.